The highest BCUT2D eigenvalue weighted by Crippen LogP contribution is 2.25. The van der Waals surface area contributed by atoms with Gasteiger partial charge >= 0.3 is 0 Å². The number of guanidine groups is 1. The van der Waals surface area contributed by atoms with E-state index in [4.69, 9.17) is 10.2 Å². The molecule has 1 aliphatic rings. The first kappa shape index (κ1) is 18.8. The highest BCUT2D eigenvalue weighted by Gasteiger charge is 2.25. The number of nitrogens with zero attached hydrogens (tertiary/aromatic N) is 2. The van der Waals surface area contributed by atoms with Gasteiger partial charge in [0.25, 0.3) is 0 Å². The van der Waals surface area contributed by atoms with Crippen molar-refractivity contribution in [2.45, 2.75) is 25.8 Å². The van der Waals surface area contributed by atoms with Gasteiger partial charge in [-0.05, 0) is 57.1 Å². The number of nitrogens with one attached hydrogen (secondary N) is 1. The minimum absolute atomic E-state index is 0. The Morgan fingerprint density at radius 3 is 2.58 bits per heavy atom. The molecule has 0 amide bonds. The average Bonchev–Trinajstić information content (AvgIpc) is 3.24. The lowest BCUT2D eigenvalue weighted by Crippen LogP contribution is -2.30. The Kier molecular flexibility index (Phi) is 7.11. The summed E-state index contributed by atoms with van der Waals surface area (Å²) in [6.07, 6.45) is 4.19. The van der Waals surface area contributed by atoms with Crippen molar-refractivity contribution in [1.82, 2.24) is 4.90 Å². The fraction of sp³-hybridized carbons (Fsp3) is 0.389. The molecule has 3 N–H and O–H groups in total. The van der Waals surface area contributed by atoms with E-state index < -0.39 is 0 Å². The van der Waals surface area contributed by atoms with Gasteiger partial charge in [0.15, 0.2) is 5.96 Å². The molecule has 1 fully saturated rings. The molecule has 0 radical (unpaired) electrons. The maximum absolute atomic E-state index is 6.03. The quantitative estimate of drug-likeness (QED) is 0.422. The molecule has 1 atom stereocenters. The second kappa shape index (κ2) is 9.08. The van der Waals surface area contributed by atoms with Crippen molar-refractivity contribution < 1.29 is 4.42 Å². The summed E-state index contributed by atoms with van der Waals surface area (Å²) in [6, 6.07) is 12.2. The van der Waals surface area contributed by atoms with E-state index in [2.05, 4.69) is 22.1 Å². The summed E-state index contributed by atoms with van der Waals surface area (Å²) in [5, 5.41) is 3.14. The largest absolute Gasteiger partial charge is 0.468 e. The number of anilines is 1. The third-order valence-corrected chi connectivity index (χ3v) is 4.21. The van der Waals surface area contributed by atoms with Crippen molar-refractivity contribution in [3.63, 3.8) is 0 Å². The maximum Gasteiger partial charge on any atom is 0.193 e. The van der Waals surface area contributed by atoms with Crippen LogP contribution in [0.25, 0.3) is 0 Å². The highest BCUT2D eigenvalue weighted by atomic mass is 127. The Balaban J connectivity index is 0.00000208. The Hall–Kier alpha value is -1.54. The van der Waals surface area contributed by atoms with Crippen LogP contribution < -0.4 is 11.1 Å². The van der Waals surface area contributed by atoms with Crippen LogP contribution in [0.15, 0.2) is 52.1 Å². The minimum Gasteiger partial charge on any atom is -0.468 e. The summed E-state index contributed by atoms with van der Waals surface area (Å²) >= 11 is 0. The first-order valence-corrected chi connectivity index (χ1v) is 8.13. The number of nitrogens with two attached hydrogens (primary N) is 1. The van der Waals surface area contributed by atoms with Crippen LogP contribution in [0.1, 0.15) is 30.2 Å². The summed E-state index contributed by atoms with van der Waals surface area (Å²) < 4.78 is 5.60. The average molecular weight is 440 g/mol. The zero-order valence-electron chi connectivity index (χ0n) is 13.9. The van der Waals surface area contributed by atoms with Crippen LogP contribution >= 0.6 is 24.0 Å². The van der Waals surface area contributed by atoms with Gasteiger partial charge in [-0.15, -0.1) is 24.0 Å². The molecule has 1 aliphatic heterocycles. The fourth-order valence-corrected chi connectivity index (χ4v) is 2.93. The van der Waals surface area contributed by atoms with Gasteiger partial charge in [-0.2, -0.15) is 0 Å². The van der Waals surface area contributed by atoms with Crippen LogP contribution in [-0.2, 0) is 0 Å². The molecule has 1 unspecified atom stereocenters. The molecule has 24 heavy (non-hydrogen) atoms. The first-order chi connectivity index (χ1) is 11.2. The van der Waals surface area contributed by atoms with E-state index in [-0.39, 0.29) is 30.0 Å². The van der Waals surface area contributed by atoms with Crippen molar-refractivity contribution in [3.05, 3.63) is 54.0 Å². The van der Waals surface area contributed by atoms with Gasteiger partial charge in [0.1, 0.15) is 5.76 Å². The monoisotopic (exact) mass is 440 g/mol. The zero-order valence-corrected chi connectivity index (χ0v) is 16.3. The van der Waals surface area contributed by atoms with E-state index in [9.17, 15) is 0 Å². The topological polar surface area (TPSA) is 66.8 Å². The number of halogens is 1. The van der Waals surface area contributed by atoms with E-state index in [0.29, 0.717) is 12.5 Å². The van der Waals surface area contributed by atoms with Crippen LogP contribution in [-0.4, -0.2) is 30.5 Å². The molecule has 3 rings (SSSR count). The maximum atomic E-state index is 6.03. The fourth-order valence-electron chi connectivity index (χ4n) is 2.93. The molecule has 1 aromatic carbocycles. The van der Waals surface area contributed by atoms with Gasteiger partial charge in [0.2, 0.25) is 0 Å². The Morgan fingerprint density at radius 2 is 1.96 bits per heavy atom. The summed E-state index contributed by atoms with van der Waals surface area (Å²) in [5.74, 6) is 1.39. The molecule has 5 nitrogen and oxygen atoms in total. The van der Waals surface area contributed by atoms with Crippen molar-refractivity contribution in [2.75, 3.05) is 25.0 Å². The molecule has 0 bridgehead atoms. The smallest absolute Gasteiger partial charge is 0.193 e. The van der Waals surface area contributed by atoms with E-state index in [1.54, 1.807) is 6.26 Å². The Labute approximate surface area is 160 Å². The molecule has 1 aromatic heterocycles. The van der Waals surface area contributed by atoms with Crippen molar-refractivity contribution in [2.24, 2.45) is 10.7 Å². The minimum atomic E-state index is 0. The van der Waals surface area contributed by atoms with Crippen LogP contribution in [0.5, 0.6) is 0 Å². The molecule has 1 saturated heterocycles. The molecule has 0 saturated carbocycles. The van der Waals surface area contributed by atoms with Gasteiger partial charge in [0.05, 0.1) is 18.8 Å². The summed E-state index contributed by atoms with van der Waals surface area (Å²) in [6.45, 7) is 4.84. The standard InChI is InChI=1S/C18H24N4O.HI/c1-14-6-8-15(9-7-14)21-18(19)20-13-16(17-5-4-12-23-17)22-10-2-3-11-22;/h4-9,12,16H,2-3,10-11,13H2,1H3,(H3,19,20,21);1H. The number of hydrogen-bond donors (Lipinski definition) is 2. The lowest BCUT2D eigenvalue weighted by Gasteiger charge is -2.24. The molecule has 0 spiro atoms. The number of furan rings is 1. The molecular formula is C18H25IN4O. The predicted octanol–water partition coefficient (Wildman–Crippen LogP) is 3.77. The number of hydrogen-bond acceptors (Lipinski definition) is 3. The summed E-state index contributed by atoms with van der Waals surface area (Å²) in [7, 11) is 0. The zero-order chi connectivity index (χ0) is 16.1. The summed E-state index contributed by atoms with van der Waals surface area (Å²) in [4.78, 5) is 6.94. The Morgan fingerprint density at radius 1 is 1.25 bits per heavy atom. The number of aliphatic imine (C=N–C) groups is 1. The van der Waals surface area contributed by atoms with Crippen LogP contribution in [0.2, 0.25) is 0 Å². The molecule has 2 heterocycles. The molecular weight excluding hydrogens is 415 g/mol. The number of aryl methyl sites for hydroxylation is 1. The van der Waals surface area contributed by atoms with Gasteiger partial charge in [-0.3, -0.25) is 9.89 Å². The normalized spacial score (nSPS) is 16.6. The van der Waals surface area contributed by atoms with Gasteiger partial charge in [0, 0.05) is 5.69 Å². The molecule has 6 heteroatoms. The van der Waals surface area contributed by atoms with E-state index in [0.717, 1.165) is 24.5 Å². The van der Waals surface area contributed by atoms with Crippen LogP contribution in [0, 0.1) is 6.92 Å². The molecule has 2 aromatic rings. The number of benzene rings is 1. The van der Waals surface area contributed by atoms with Gasteiger partial charge in [-0.25, -0.2) is 0 Å². The highest BCUT2D eigenvalue weighted by molar-refractivity contribution is 14.0. The first-order valence-electron chi connectivity index (χ1n) is 8.13. The van der Waals surface area contributed by atoms with Crippen molar-refractivity contribution >= 4 is 35.6 Å². The third-order valence-electron chi connectivity index (χ3n) is 4.21. The van der Waals surface area contributed by atoms with Crippen molar-refractivity contribution in [1.29, 1.82) is 0 Å². The number of rotatable bonds is 5. The lowest BCUT2D eigenvalue weighted by atomic mass is 10.2. The van der Waals surface area contributed by atoms with Crippen LogP contribution in [0.3, 0.4) is 0 Å². The SMILES string of the molecule is Cc1ccc(NC(N)=NCC(c2ccco2)N2CCCC2)cc1.I. The Bertz CT molecular complexity index is 634. The predicted molar refractivity (Wildman–Crippen MR) is 109 cm³/mol. The molecule has 130 valence electrons. The lowest BCUT2D eigenvalue weighted by molar-refractivity contribution is 0.221. The van der Waals surface area contributed by atoms with Gasteiger partial charge < -0.3 is 15.5 Å². The second-order valence-electron chi connectivity index (χ2n) is 5.99. The van der Waals surface area contributed by atoms with Crippen molar-refractivity contribution in [3.8, 4) is 0 Å². The second-order valence-corrected chi connectivity index (χ2v) is 5.99. The number of likely N-dealkylation sites (tertiary alicyclic amines) is 1. The van der Waals surface area contributed by atoms with E-state index >= 15 is 0 Å². The molecule has 0 aliphatic carbocycles. The van der Waals surface area contributed by atoms with E-state index in [1.165, 1.54) is 18.4 Å². The van der Waals surface area contributed by atoms with Crippen LogP contribution in [0.4, 0.5) is 5.69 Å². The summed E-state index contributed by atoms with van der Waals surface area (Å²) in [5.41, 5.74) is 8.21. The van der Waals surface area contributed by atoms with Gasteiger partial charge in [-0.1, -0.05) is 17.7 Å². The third kappa shape index (κ3) is 4.98. The van der Waals surface area contributed by atoms with E-state index in [1.807, 2.05) is 36.4 Å².